The van der Waals surface area contributed by atoms with Crippen LogP contribution in [0.3, 0.4) is 0 Å². The zero-order valence-corrected chi connectivity index (χ0v) is 10.8. The fourth-order valence-corrected chi connectivity index (χ4v) is 2.08. The Labute approximate surface area is 116 Å². The minimum Gasteiger partial charge on any atom is -0.399 e. The third-order valence-corrected chi connectivity index (χ3v) is 3.41. The van der Waals surface area contributed by atoms with Gasteiger partial charge in [0.25, 0.3) is 0 Å². The molecular weight excluding hydrogens is 289 g/mol. The number of ketones is 1. The third-order valence-electron chi connectivity index (χ3n) is 2.35. The highest BCUT2D eigenvalue weighted by atomic mass is 32.1. The van der Waals surface area contributed by atoms with Gasteiger partial charge < -0.3 is 5.73 Å². The number of nitrogens with zero attached hydrogens (tertiary/aromatic N) is 1. The molecule has 2 aromatic rings. The number of thiazole rings is 1. The number of aromatic nitrogens is 1. The fourth-order valence-electron chi connectivity index (χ4n) is 1.38. The lowest BCUT2D eigenvalue weighted by Gasteiger charge is -1.98. The van der Waals surface area contributed by atoms with E-state index in [4.69, 9.17) is 5.73 Å². The summed E-state index contributed by atoms with van der Waals surface area (Å²) in [5, 5.41) is -1.03. The molecule has 0 aliphatic rings. The molecule has 0 aliphatic heterocycles. The molecule has 0 amide bonds. The van der Waals surface area contributed by atoms with Gasteiger partial charge in [0.2, 0.25) is 0 Å². The number of allylic oxidation sites excluding steroid dienone is 1. The smallest absolute Gasteiger partial charge is 0.399 e. The van der Waals surface area contributed by atoms with Crippen LogP contribution in [-0.2, 0) is 6.18 Å². The molecule has 0 bridgehead atoms. The average Bonchev–Trinajstić information content (AvgIpc) is 2.87. The van der Waals surface area contributed by atoms with E-state index in [0.29, 0.717) is 17.0 Å². The Hall–Kier alpha value is -2.15. The van der Waals surface area contributed by atoms with Crippen LogP contribution in [0.1, 0.15) is 20.2 Å². The minimum absolute atomic E-state index is 0.0518. The second-order valence-electron chi connectivity index (χ2n) is 3.89. The zero-order valence-electron chi connectivity index (χ0n) is 10.0. The van der Waals surface area contributed by atoms with Gasteiger partial charge in [0.15, 0.2) is 10.8 Å². The van der Waals surface area contributed by atoms with E-state index < -0.39 is 17.0 Å². The summed E-state index contributed by atoms with van der Waals surface area (Å²) in [5.74, 6) is -0.519. The molecule has 0 unspecified atom stereocenters. The minimum atomic E-state index is -4.52. The first-order chi connectivity index (χ1) is 9.36. The number of benzene rings is 1. The van der Waals surface area contributed by atoms with Crippen molar-refractivity contribution in [1.29, 1.82) is 0 Å². The Morgan fingerprint density at radius 1 is 1.25 bits per heavy atom. The highest BCUT2D eigenvalue weighted by Crippen LogP contribution is 2.32. The summed E-state index contributed by atoms with van der Waals surface area (Å²) >= 11 is 0.329. The van der Waals surface area contributed by atoms with Gasteiger partial charge in [0.1, 0.15) is 0 Å². The predicted molar refractivity (Wildman–Crippen MR) is 71.3 cm³/mol. The van der Waals surface area contributed by atoms with E-state index in [9.17, 15) is 18.0 Å². The molecule has 0 saturated heterocycles. The van der Waals surface area contributed by atoms with Crippen LogP contribution in [0, 0.1) is 0 Å². The van der Waals surface area contributed by atoms with Crippen molar-refractivity contribution in [1.82, 2.24) is 4.98 Å². The van der Waals surface area contributed by atoms with Gasteiger partial charge in [-0.15, -0.1) is 11.3 Å². The van der Waals surface area contributed by atoms with Gasteiger partial charge in [0.05, 0.1) is 4.88 Å². The number of nitrogen functional groups attached to an aromatic ring is 1. The van der Waals surface area contributed by atoms with Gasteiger partial charge in [-0.1, -0.05) is 18.2 Å². The van der Waals surface area contributed by atoms with E-state index in [0.717, 1.165) is 11.8 Å². The van der Waals surface area contributed by atoms with E-state index in [2.05, 4.69) is 4.98 Å². The Balaban J connectivity index is 2.12. The van der Waals surface area contributed by atoms with Crippen molar-refractivity contribution in [3.8, 4) is 0 Å². The first-order valence-electron chi connectivity index (χ1n) is 5.47. The van der Waals surface area contributed by atoms with E-state index in [-0.39, 0.29) is 4.88 Å². The summed E-state index contributed by atoms with van der Waals surface area (Å²) < 4.78 is 37.1. The van der Waals surface area contributed by atoms with Crippen LogP contribution in [0.25, 0.3) is 6.08 Å². The Kier molecular flexibility index (Phi) is 3.89. The number of hydrogen-bond acceptors (Lipinski definition) is 4. The molecule has 0 aliphatic carbocycles. The highest BCUT2D eigenvalue weighted by molar-refractivity contribution is 7.13. The molecule has 2 N–H and O–H groups in total. The lowest BCUT2D eigenvalue weighted by Crippen LogP contribution is -2.02. The van der Waals surface area contributed by atoms with Gasteiger partial charge in [-0.05, 0) is 23.8 Å². The van der Waals surface area contributed by atoms with Crippen LogP contribution in [0.2, 0.25) is 0 Å². The van der Waals surface area contributed by atoms with Crippen molar-refractivity contribution in [3.63, 3.8) is 0 Å². The van der Waals surface area contributed by atoms with Crippen LogP contribution in [0.4, 0.5) is 18.9 Å². The zero-order chi connectivity index (χ0) is 14.8. The molecule has 0 saturated carbocycles. The summed E-state index contributed by atoms with van der Waals surface area (Å²) in [6, 6.07) is 6.73. The molecular formula is C13H9F3N2OS. The van der Waals surface area contributed by atoms with Gasteiger partial charge in [0, 0.05) is 11.9 Å². The lowest BCUT2D eigenvalue weighted by molar-refractivity contribution is -0.137. The van der Waals surface area contributed by atoms with Crippen molar-refractivity contribution in [2.24, 2.45) is 0 Å². The standard InChI is InChI=1S/C13H9F3N2OS/c14-13(15,16)12-18-7-11(20-12)10(19)6-3-8-1-4-9(17)5-2-8/h1-7H,17H2/b6-3+. The Morgan fingerprint density at radius 2 is 1.90 bits per heavy atom. The van der Waals surface area contributed by atoms with E-state index in [1.54, 1.807) is 24.3 Å². The van der Waals surface area contributed by atoms with E-state index in [1.165, 1.54) is 12.2 Å². The van der Waals surface area contributed by atoms with Crippen LogP contribution in [0.5, 0.6) is 0 Å². The molecule has 1 heterocycles. The number of halogens is 3. The Morgan fingerprint density at radius 3 is 2.45 bits per heavy atom. The monoisotopic (exact) mass is 298 g/mol. The molecule has 3 nitrogen and oxygen atoms in total. The fraction of sp³-hybridized carbons (Fsp3) is 0.0769. The molecule has 0 fully saturated rings. The first kappa shape index (κ1) is 14.3. The van der Waals surface area contributed by atoms with Crippen molar-refractivity contribution in [2.75, 3.05) is 5.73 Å². The second kappa shape index (κ2) is 5.46. The topological polar surface area (TPSA) is 56.0 Å². The number of alkyl halides is 3. The summed E-state index contributed by atoms with van der Waals surface area (Å²) in [4.78, 5) is 14.9. The van der Waals surface area contributed by atoms with Crippen LogP contribution in [0.15, 0.2) is 36.5 Å². The molecule has 2 rings (SSSR count). The molecule has 7 heteroatoms. The van der Waals surface area contributed by atoms with Crippen molar-refractivity contribution < 1.29 is 18.0 Å². The number of anilines is 1. The van der Waals surface area contributed by atoms with E-state index in [1.807, 2.05) is 0 Å². The number of carbonyl (C=O) groups is 1. The maximum atomic E-state index is 12.4. The van der Waals surface area contributed by atoms with Crippen molar-refractivity contribution in [3.05, 3.63) is 52.0 Å². The van der Waals surface area contributed by atoms with Gasteiger partial charge in [-0.25, -0.2) is 4.98 Å². The van der Waals surface area contributed by atoms with Gasteiger partial charge >= 0.3 is 6.18 Å². The van der Waals surface area contributed by atoms with Crippen LogP contribution in [-0.4, -0.2) is 10.8 Å². The molecule has 104 valence electrons. The van der Waals surface area contributed by atoms with E-state index >= 15 is 0 Å². The maximum Gasteiger partial charge on any atom is 0.443 e. The molecule has 1 aromatic carbocycles. The van der Waals surface area contributed by atoms with Crippen LogP contribution < -0.4 is 5.73 Å². The molecule has 1 aromatic heterocycles. The average molecular weight is 298 g/mol. The summed E-state index contributed by atoms with van der Waals surface area (Å²) in [6.07, 6.45) is -0.874. The van der Waals surface area contributed by atoms with Crippen LogP contribution >= 0.6 is 11.3 Å². The summed E-state index contributed by atoms with van der Waals surface area (Å²) in [5.41, 5.74) is 6.83. The normalized spacial score (nSPS) is 11.9. The predicted octanol–water partition coefficient (Wildman–Crippen LogP) is 3.64. The largest absolute Gasteiger partial charge is 0.443 e. The van der Waals surface area contributed by atoms with Crippen molar-refractivity contribution in [2.45, 2.75) is 6.18 Å². The number of nitrogens with two attached hydrogens (primary N) is 1. The number of hydrogen-bond donors (Lipinski definition) is 1. The first-order valence-corrected chi connectivity index (χ1v) is 6.29. The number of rotatable bonds is 3. The lowest BCUT2D eigenvalue weighted by atomic mass is 10.2. The van der Waals surface area contributed by atoms with Crippen molar-refractivity contribution >= 4 is 28.9 Å². The summed E-state index contributed by atoms with van der Waals surface area (Å²) in [6.45, 7) is 0. The Bertz CT molecular complexity index is 644. The van der Waals surface area contributed by atoms with Gasteiger partial charge in [-0.3, -0.25) is 4.79 Å². The SMILES string of the molecule is Nc1ccc(/C=C/C(=O)c2cnc(C(F)(F)F)s2)cc1. The summed E-state index contributed by atoms with van der Waals surface area (Å²) in [7, 11) is 0. The third kappa shape index (κ3) is 3.45. The quantitative estimate of drug-likeness (QED) is 0.534. The molecule has 0 radical (unpaired) electrons. The number of carbonyl (C=O) groups excluding carboxylic acids is 1. The maximum absolute atomic E-state index is 12.4. The molecule has 20 heavy (non-hydrogen) atoms. The molecule has 0 spiro atoms. The molecule has 0 atom stereocenters. The van der Waals surface area contributed by atoms with Gasteiger partial charge in [-0.2, -0.15) is 13.2 Å². The second-order valence-corrected chi connectivity index (χ2v) is 4.92. The highest BCUT2D eigenvalue weighted by Gasteiger charge is 2.35.